The van der Waals surface area contributed by atoms with Crippen molar-refractivity contribution in [2.24, 2.45) is 0 Å². The molecule has 0 aromatic carbocycles. The molecular weight excluding hydrogens is 170 g/mol. The van der Waals surface area contributed by atoms with Crippen molar-refractivity contribution in [3.63, 3.8) is 0 Å². The topological polar surface area (TPSA) is 55.4 Å². The van der Waals surface area contributed by atoms with Gasteiger partial charge in [0.2, 0.25) is 5.91 Å². The summed E-state index contributed by atoms with van der Waals surface area (Å²) in [6.07, 6.45) is 2.37. The highest BCUT2D eigenvalue weighted by Gasteiger charge is 1.97. The number of carbonyl (C=O) groups excluding carboxylic acids is 2. The lowest BCUT2D eigenvalue weighted by molar-refractivity contribution is -0.137. The molecule has 0 heterocycles. The minimum atomic E-state index is -0.482. The summed E-state index contributed by atoms with van der Waals surface area (Å²) in [7, 11) is 0. The maximum absolute atomic E-state index is 10.9. The van der Waals surface area contributed by atoms with Crippen molar-refractivity contribution in [3.05, 3.63) is 24.4 Å². The first-order valence-corrected chi connectivity index (χ1v) is 3.87. The molecule has 1 amide bonds. The third-order valence-electron chi connectivity index (χ3n) is 1.11. The summed E-state index contributed by atoms with van der Waals surface area (Å²) in [5.74, 6) is -0.801. The molecule has 1 N–H and O–H groups in total. The predicted octanol–water partition coefficient (Wildman–Crippen LogP) is 0.756. The van der Waals surface area contributed by atoms with Gasteiger partial charge in [0.15, 0.2) is 0 Å². The zero-order valence-corrected chi connectivity index (χ0v) is 7.79. The van der Waals surface area contributed by atoms with Gasteiger partial charge in [-0.25, -0.2) is 4.79 Å². The van der Waals surface area contributed by atoms with Crippen LogP contribution in [0.4, 0.5) is 0 Å². The fourth-order valence-electron chi connectivity index (χ4n) is 0.499. The number of ether oxygens (including phenoxy) is 1. The van der Waals surface area contributed by atoms with E-state index in [0.29, 0.717) is 12.2 Å². The van der Waals surface area contributed by atoms with E-state index in [9.17, 15) is 9.59 Å². The minimum Gasteiger partial charge on any atom is -0.463 e. The molecule has 13 heavy (non-hydrogen) atoms. The van der Waals surface area contributed by atoms with Crippen LogP contribution in [0.5, 0.6) is 0 Å². The molecule has 0 rings (SSSR count). The van der Waals surface area contributed by atoms with Crippen LogP contribution in [0.1, 0.15) is 13.8 Å². The van der Waals surface area contributed by atoms with Gasteiger partial charge in [0.25, 0.3) is 0 Å². The summed E-state index contributed by atoms with van der Waals surface area (Å²) in [5, 5.41) is 2.35. The number of hydrogen-bond donors (Lipinski definition) is 1. The lowest BCUT2D eigenvalue weighted by atomic mass is 10.3. The van der Waals surface area contributed by atoms with E-state index in [1.54, 1.807) is 13.8 Å². The lowest BCUT2D eigenvalue weighted by Gasteiger charge is -1.97. The van der Waals surface area contributed by atoms with Crippen molar-refractivity contribution in [3.8, 4) is 0 Å². The number of esters is 1. The van der Waals surface area contributed by atoms with Crippen LogP contribution in [0.25, 0.3) is 0 Å². The Kier molecular flexibility index (Phi) is 5.27. The second-order valence-electron chi connectivity index (χ2n) is 2.34. The van der Waals surface area contributed by atoms with Crippen molar-refractivity contribution in [1.29, 1.82) is 0 Å². The Labute approximate surface area is 77.3 Å². The van der Waals surface area contributed by atoms with E-state index in [4.69, 9.17) is 0 Å². The van der Waals surface area contributed by atoms with E-state index in [-0.39, 0.29) is 5.91 Å². The van der Waals surface area contributed by atoms with Gasteiger partial charge < -0.3 is 10.1 Å². The van der Waals surface area contributed by atoms with Gasteiger partial charge in [-0.1, -0.05) is 6.58 Å². The van der Waals surface area contributed by atoms with Gasteiger partial charge >= 0.3 is 5.97 Å². The van der Waals surface area contributed by atoms with Gasteiger partial charge in [-0.15, -0.1) is 0 Å². The van der Waals surface area contributed by atoms with Crippen LogP contribution in [0.2, 0.25) is 0 Å². The van der Waals surface area contributed by atoms with E-state index in [2.05, 4.69) is 16.6 Å². The normalized spacial score (nSPS) is 9.69. The average Bonchev–Trinajstić information content (AvgIpc) is 2.04. The van der Waals surface area contributed by atoms with E-state index >= 15 is 0 Å². The second kappa shape index (κ2) is 5.99. The van der Waals surface area contributed by atoms with Crippen LogP contribution >= 0.6 is 0 Å². The van der Waals surface area contributed by atoms with Crippen LogP contribution in [-0.4, -0.2) is 18.5 Å². The van der Waals surface area contributed by atoms with Crippen molar-refractivity contribution < 1.29 is 14.3 Å². The Morgan fingerprint density at radius 1 is 1.54 bits per heavy atom. The van der Waals surface area contributed by atoms with Gasteiger partial charge in [-0.3, -0.25) is 4.79 Å². The molecule has 0 unspecified atom stereocenters. The standard InChI is InChI=1S/C9H13NO3/c1-4-13-8(11)5-6-10-9(12)7(2)3/h5-6H,2,4H2,1,3H3,(H,10,12). The van der Waals surface area contributed by atoms with Gasteiger partial charge in [0, 0.05) is 17.8 Å². The summed E-state index contributed by atoms with van der Waals surface area (Å²) >= 11 is 0. The van der Waals surface area contributed by atoms with E-state index in [1.807, 2.05) is 0 Å². The Morgan fingerprint density at radius 3 is 2.62 bits per heavy atom. The molecular formula is C9H13NO3. The molecule has 0 aliphatic heterocycles. The maximum atomic E-state index is 10.9. The molecule has 4 heteroatoms. The largest absolute Gasteiger partial charge is 0.463 e. The van der Waals surface area contributed by atoms with Gasteiger partial charge in [0.1, 0.15) is 0 Å². The summed E-state index contributed by atoms with van der Waals surface area (Å²) < 4.78 is 4.58. The van der Waals surface area contributed by atoms with Crippen molar-refractivity contribution in [1.82, 2.24) is 5.32 Å². The number of amides is 1. The summed E-state index contributed by atoms with van der Waals surface area (Å²) in [6, 6.07) is 0. The SMILES string of the molecule is C=C(C)C(=O)NC=CC(=O)OCC. The number of rotatable bonds is 4. The average molecular weight is 183 g/mol. The zero-order valence-electron chi connectivity index (χ0n) is 7.79. The van der Waals surface area contributed by atoms with Crippen molar-refractivity contribution in [2.75, 3.05) is 6.61 Å². The molecule has 0 fully saturated rings. The Balaban J connectivity index is 3.81. The first kappa shape index (κ1) is 11.4. The number of carbonyl (C=O) groups is 2. The first-order chi connectivity index (χ1) is 6.07. The molecule has 4 nitrogen and oxygen atoms in total. The Morgan fingerprint density at radius 2 is 2.15 bits per heavy atom. The van der Waals surface area contributed by atoms with Crippen LogP contribution in [0.15, 0.2) is 24.4 Å². The highest BCUT2D eigenvalue weighted by atomic mass is 16.5. The Bertz CT molecular complexity index is 243. The number of hydrogen-bond acceptors (Lipinski definition) is 3. The Hall–Kier alpha value is -1.58. The van der Waals surface area contributed by atoms with E-state index < -0.39 is 5.97 Å². The third-order valence-corrected chi connectivity index (χ3v) is 1.11. The predicted molar refractivity (Wildman–Crippen MR) is 48.7 cm³/mol. The molecule has 0 aromatic rings. The maximum Gasteiger partial charge on any atom is 0.332 e. The van der Waals surface area contributed by atoms with Crippen LogP contribution in [0, 0.1) is 0 Å². The highest BCUT2D eigenvalue weighted by Crippen LogP contribution is 1.85. The summed E-state index contributed by atoms with van der Waals surface area (Å²) in [6.45, 7) is 7.03. The molecule has 0 spiro atoms. The molecule has 0 saturated heterocycles. The number of nitrogens with one attached hydrogen (secondary N) is 1. The molecule has 0 saturated carbocycles. The van der Waals surface area contributed by atoms with Crippen molar-refractivity contribution in [2.45, 2.75) is 13.8 Å². The highest BCUT2D eigenvalue weighted by molar-refractivity contribution is 5.93. The fraction of sp³-hybridized carbons (Fsp3) is 0.333. The molecule has 0 bridgehead atoms. The minimum absolute atomic E-state index is 0.317. The van der Waals surface area contributed by atoms with Crippen LogP contribution in [0.3, 0.4) is 0 Å². The molecule has 0 aliphatic carbocycles. The quantitative estimate of drug-likeness (QED) is 0.517. The van der Waals surface area contributed by atoms with Gasteiger partial charge in [-0.2, -0.15) is 0 Å². The zero-order chi connectivity index (χ0) is 10.3. The fourth-order valence-corrected chi connectivity index (χ4v) is 0.499. The molecule has 0 atom stereocenters. The van der Waals surface area contributed by atoms with E-state index in [0.717, 1.165) is 6.08 Å². The lowest BCUT2D eigenvalue weighted by Crippen LogP contribution is -2.17. The van der Waals surface area contributed by atoms with Gasteiger partial charge in [-0.05, 0) is 13.8 Å². The molecule has 0 aromatic heterocycles. The second-order valence-corrected chi connectivity index (χ2v) is 2.34. The first-order valence-electron chi connectivity index (χ1n) is 3.87. The molecule has 0 aliphatic rings. The van der Waals surface area contributed by atoms with Crippen LogP contribution < -0.4 is 5.32 Å². The summed E-state index contributed by atoms with van der Waals surface area (Å²) in [4.78, 5) is 21.6. The third kappa shape index (κ3) is 5.66. The van der Waals surface area contributed by atoms with Gasteiger partial charge in [0.05, 0.1) is 6.61 Å². The summed E-state index contributed by atoms with van der Waals surface area (Å²) in [5.41, 5.74) is 0.383. The van der Waals surface area contributed by atoms with E-state index in [1.165, 1.54) is 6.20 Å². The smallest absolute Gasteiger partial charge is 0.332 e. The van der Waals surface area contributed by atoms with Crippen LogP contribution in [-0.2, 0) is 14.3 Å². The molecule has 72 valence electrons. The van der Waals surface area contributed by atoms with Crippen molar-refractivity contribution >= 4 is 11.9 Å². The molecule has 0 radical (unpaired) electrons. The monoisotopic (exact) mass is 183 g/mol.